The number of halogens is 1. The van der Waals surface area contributed by atoms with Gasteiger partial charge in [0.15, 0.2) is 5.13 Å². The molecule has 1 aromatic heterocycles. The van der Waals surface area contributed by atoms with E-state index in [4.69, 9.17) is 40.3 Å². The number of likely N-dealkylation sites (tertiary alicyclic amines) is 1. The van der Waals surface area contributed by atoms with Crippen molar-refractivity contribution in [2.75, 3.05) is 63.7 Å². The zero-order valence-electron chi connectivity index (χ0n) is 37.6. The number of amides is 3. The summed E-state index contributed by atoms with van der Waals surface area (Å²) < 4.78 is 29.6. The van der Waals surface area contributed by atoms with Gasteiger partial charge in [0.05, 0.1) is 44.3 Å². The van der Waals surface area contributed by atoms with Crippen LogP contribution in [-0.2, 0) is 33.3 Å². The minimum atomic E-state index is -1.30. The topological polar surface area (TPSA) is 182 Å². The molecule has 2 saturated heterocycles. The number of fused-ring (bicyclic) bond motifs is 2. The van der Waals surface area contributed by atoms with Crippen LogP contribution in [0.5, 0.6) is 5.75 Å². The van der Waals surface area contributed by atoms with Gasteiger partial charge in [-0.3, -0.25) is 14.5 Å². The van der Waals surface area contributed by atoms with E-state index in [0.717, 1.165) is 43.3 Å². The first-order valence-electron chi connectivity index (χ1n) is 22.5. The van der Waals surface area contributed by atoms with Gasteiger partial charge in [-0.15, -0.1) is 17.9 Å². The van der Waals surface area contributed by atoms with E-state index in [1.165, 1.54) is 29.8 Å². The van der Waals surface area contributed by atoms with Crippen LogP contribution in [0.15, 0.2) is 36.2 Å². The summed E-state index contributed by atoms with van der Waals surface area (Å²) in [5, 5.41) is 15.9. The van der Waals surface area contributed by atoms with Gasteiger partial charge in [-0.05, 0) is 75.0 Å². The Morgan fingerprint density at radius 3 is 2.53 bits per heavy atom. The summed E-state index contributed by atoms with van der Waals surface area (Å²) in [6, 6.07) is 1.30. The van der Waals surface area contributed by atoms with Crippen molar-refractivity contribution >= 4 is 63.4 Å². The summed E-state index contributed by atoms with van der Waals surface area (Å²) in [5.74, 6) is 0.264. The number of carbonyl (C=O) groups excluding carboxylic acids is 4. The number of benzene rings is 1. The van der Waals surface area contributed by atoms with Crippen LogP contribution >= 0.6 is 22.9 Å². The lowest BCUT2D eigenvalue weighted by atomic mass is 9.85. The van der Waals surface area contributed by atoms with Crippen LogP contribution in [0.1, 0.15) is 84.0 Å². The highest BCUT2D eigenvalue weighted by Crippen LogP contribution is 2.53. The van der Waals surface area contributed by atoms with Crippen molar-refractivity contribution in [2.45, 2.75) is 109 Å². The summed E-state index contributed by atoms with van der Waals surface area (Å²) in [6.07, 6.45) is 5.23. The Balaban J connectivity index is 1.07. The van der Waals surface area contributed by atoms with Crippen molar-refractivity contribution in [3.8, 4) is 5.75 Å². The van der Waals surface area contributed by atoms with Gasteiger partial charge in [-0.1, -0.05) is 38.4 Å². The Morgan fingerprint density at radius 1 is 1.11 bits per heavy atom. The first-order valence-corrected chi connectivity index (χ1v) is 23.8. The molecule has 0 radical (unpaired) electrons. The molecule has 9 atom stereocenters. The zero-order chi connectivity index (χ0) is 45.5. The summed E-state index contributed by atoms with van der Waals surface area (Å²) in [4.78, 5) is 64.5. The van der Waals surface area contributed by atoms with Crippen molar-refractivity contribution in [2.24, 2.45) is 23.2 Å². The number of anilines is 2. The van der Waals surface area contributed by atoms with Crippen LogP contribution in [0.25, 0.3) is 5.76 Å². The molecule has 8 rings (SSSR count). The molecule has 64 heavy (non-hydrogen) atoms. The lowest BCUT2D eigenvalue weighted by Gasteiger charge is -2.35. The van der Waals surface area contributed by atoms with E-state index in [2.05, 4.69) is 32.7 Å². The monoisotopic (exact) mass is 923 g/mol. The molecule has 18 heteroatoms. The van der Waals surface area contributed by atoms with Crippen molar-refractivity contribution < 1.29 is 42.9 Å². The zero-order valence-corrected chi connectivity index (χ0v) is 39.1. The lowest BCUT2D eigenvalue weighted by Crippen LogP contribution is -2.59. The van der Waals surface area contributed by atoms with Gasteiger partial charge in [0.1, 0.15) is 53.0 Å². The molecule has 5 fully saturated rings. The molecule has 1 aromatic carbocycles. The van der Waals surface area contributed by atoms with Crippen molar-refractivity contribution in [3.05, 3.63) is 52.5 Å². The molecule has 3 aliphatic carbocycles. The minimum Gasteiger partial charge on any atom is -0.491 e. The minimum absolute atomic E-state index is 0.00270. The third-order valence-corrected chi connectivity index (χ3v) is 14.4. The number of alkyl carbamates (subject to hydrolysis) is 1. The molecule has 348 valence electrons. The first kappa shape index (κ1) is 46.0. The third-order valence-electron chi connectivity index (χ3n) is 13.2. The normalized spacial score (nSPS) is 28.7. The fourth-order valence-corrected chi connectivity index (χ4v) is 10.6. The van der Waals surface area contributed by atoms with Crippen molar-refractivity contribution in [1.29, 1.82) is 0 Å². The SMILES string of the molecule is C=C[C@@H]1CC1(NC(=O)[C@@H]1C[C@@H](OC2=CC(c3csc(NC(C)C)n3)Nc3c2ccc(OCCN2CCOCC2)c3Cl)CN1C(=O)[C@@H](NC(=O)OC1C[C@@H]2C[C@@H]2C1)C(C)(C)C)C(=O)OC. The summed E-state index contributed by atoms with van der Waals surface area (Å²) >= 11 is 8.66. The van der Waals surface area contributed by atoms with Crippen LogP contribution in [0.4, 0.5) is 15.6 Å². The number of aromatic nitrogens is 1. The molecule has 3 amide bonds. The van der Waals surface area contributed by atoms with Gasteiger partial charge in [0.25, 0.3) is 0 Å². The van der Waals surface area contributed by atoms with Crippen LogP contribution in [0.2, 0.25) is 5.02 Å². The number of morpholine rings is 1. The quantitative estimate of drug-likeness (QED) is 0.114. The maximum absolute atomic E-state index is 14.9. The van der Waals surface area contributed by atoms with Gasteiger partial charge in [-0.25, -0.2) is 14.6 Å². The Kier molecular flexibility index (Phi) is 13.4. The maximum atomic E-state index is 14.9. The number of methoxy groups -OCH3 is 1. The summed E-state index contributed by atoms with van der Waals surface area (Å²) in [5.41, 5.74) is -0.0658. The second-order valence-corrected chi connectivity index (χ2v) is 20.5. The molecule has 3 saturated carbocycles. The number of thiazole rings is 1. The third kappa shape index (κ3) is 9.97. The van der Waals surface area contributed by atoms with E-state index in [1.807, 2.05) is 58.2 Å². The van der Waals surface area contributed by atoms with E-state index in [0.29, 0.717) is 65.9 Å². The van der Waals surface area contributed by atoms with Gasteiger partial charge < -0.3 is 49.9 Å². The molecule has 6 aliphatic rings. The van der Waals surface area contributed by atoms with Gasteiger partial charge >= 0.3 is 12.1 Å². The maximum Gasteiger partial charge on any atom is 0.408 e. The summed E-state index contributed by atoms with van der Waals surface area (Å²) in [7, 11) is 1.27. The predicted octanol–water partition coefficient (Wildman–Crippen LogP) is 5.99. The fraction of sp³-hybridized carbons (Fsp3) is 0.630. The Labute approximate surface area is 384 Å². The molecule has 2 aromatic rings. The number of nitrogens with one attached hydrogen (secondary N) is 4. The van der Waals surface area contributed by atoms with E-state index >= 15 is 0 Å². The standard InChI is InChI=1S/C46H62ClN7O9S/c1-8-28-22-46(28,42(57)59-7)52-40(55)34-20-30(23-54(34)41(56)39(45(4,5)6)51-44(58)63-29-18-26-17-27(26)19-29)62-36-21-32(33-24-64-43(50-33)48-25(2)3)49-38-31(36)9-10-35(37(38)47)61-16-13-53-11-14-60-15-12-53/h8-10,21,24-30,32,34,39,49H,1,11-20,22-23H2,2-7H3,(H,48,50)(H,51,58)(H,52,55)/t26-,27+,28-,29?,30-,32?,34+,39-,46?/m1/s1. The van der Waals surface area contributed by atoms with E-state index < -0.39 is 59.1 Å². The number of rotatable bonds is 16. The molecule has 0 spiro atoms. The van der Waals surface area contributed by atoms with Gasteiger partial charge in [-0.2, -0.15) is 0 Å². The molecule has 4 N–H and O–H groups in total. The number of esters is 1. The predicted molar refractivity (Wildman–Crippen MR) is 243 cm³/mol. The highest BCUT2D eigenvalue weighted by molar-refractivity contribution is 7.13. The second kappa shape index (κ2) is 18.7. The van der Waals surface area contributed by atoms with Crippen LogP contribution in [-0.4, -0.2) is 128 Å². The number of carbonyl (C=O) groups is 4. The Hall–Kier alpha value is -4.58. The van der Waals surface area contributed by atoms with Gasteiger partial charge in [0.2, 0.25) is 11.8 Å². The Morgan fingerprint density at radius 2 is 1.86 bits per heavy atom. The number of ether oxygens (including phenoxy) is 5. The molecule has 0 bridgehead atoms. The second-order valence-electron chi connectivity index (χ2n) is 19.3. The fourth-order valence-electron chi connectivity index (χ4n) is 9.48. The highest BCUT2D eigenvalue weighted by Gasteiger charge is 2.62. The van der Waals surface area contributed by atoms with E-state index in [1.54, 1.807) is 6.08 Å². The van der Waals surface area contributed by atoms with E-state index in [-0.39, 0.29) is 31.0 Å². The number of hydrogen-bond donors (Lipinski definition) is 4. The van der Waals surface area contributed by atoms with Crippen LogP contribution in [0, 0.1) is 23.2 Å². The van der Waals surface area contributed by atoms with Crippen molar-refractivity contribution in [3.63, 3.8) is 0 Å². The number of hydrogen-bond acceptors (Lipinski definition) is 14. The summed E-state index contributed by atoms with van der Waals surface area (Å²) in [6.45, 7) is 17.7. The average molecular weight is 925 g/mol. The number of nitrogens with zero attached hydrogens (tertiary/aromatic N) is 3. The van der Waals surface area contributed by atoms with Crippen molar-refractivity contribution in [1.82, 2.24) is 25.4 Å². The molecule has 3 unspecified atom stereocenters. The first-order chi connectivity index (χ1) is 30.6. The average Bonchev–Trinajstić information content (AvgIpc) is 3.92. The molecular formula is C46H62ClN7O9S. The van der Waals surface area contributed by atoms with E-state index in [9.17, 15) is 19.2 Å². The lowest BCUT2D eigenvalue weighted by molar-refractivity contribution is -0.148. The highest BCUT2D eigenvalue weighted by atomic mass is 35.5. The largest absolute Gasteiger partial charge is 0.491 e. The molecular weight excluding hydrogens is 862 g/mol. The van der Waals surface area contributed by atoms with Gasteiger partial charge in [0, 0.05) is 49.0 Å². The molecule has 4 heterocycles. The molecule has 16 nitrogen and oxygen atoms in total. The molecule has 3 aliphatic heterocycles. The smallest absolute Gasteiger partial charge is 0.408 e. The van der Waals surface area contributed by atoms with Crippen LogP contribution < -0.4 is 26.0 Å². The Bertz CT molecular complexity index is 2130. The van der Waals surface area contributed by atoms with Crippen LogP contribution in [0.3, 0.4) is 0 Å².